The molecule has 1 heterocycles. The van der Waals surface area contributed by atoms with Crippen molar-refractivity contribution in [2.24, 2.45) is 0 Å². The molecule has 0 fully saturated rings. The first-order valence-corrected chi connectivity index (χ1v) is 9.74. The maximum atomic E-state index is 12.7. The van der Waals surface area contributed by atoms with Crippen LogP contribution in [0.3, 0.4) is 0 Å². The molecular formula is C22H26ClN4O+. The number of benzene rings is 2. The molecule has 5 nitrogen and oxygen atoms in total. The third-order valence-corrected chi connectivity index (χ3v) is 5.36. The van der Waals surface area contributed by atoms with Gasteiger partial charge in [-0.1, -0.05) is 35.9 Å². The summed E-state index contributed by atoms with van der Waals surface area (Å²) in [5.74, 6) is -0.0366. The number of hydrogen-bond donors (Lipinski definition) is 2. The number of rotatable bonds is 6. The molecule has 0 aliphatic rings. The van der Waals surface area contributed by atoms with Gasteiger partial charge in [-0.3, -0.25) is 4.79 Å². The van der Waals surface area contributed by atoms with Crippen LogP contribution < -0.4 is 10.2 Å². The van der Waals surface area contributed by atoms with Crippen LogP contribution in [-0.4, -0.2) is 28.8 Å². The Balaban J connectivity index is 1.72. The van der Waals surface area contributed by atoms with Gasteiger partial charge in [0.25, 0.3) is 5.91 Å². The van der Waals surface area contributed by atoms with Crippen molar-refractivity contribution >= 4 is 23.2 Å². The Labute approximate surface area is 170 Å². The van der Waals surface area contributed by atoms with E-state index in [-0.39, 0.29) is 11.9 Å². The molecule has 0 aliphatic carbocycles. The highest BCUT2D eigenvalue weighted by molar-refractivity contribution is 6.30. The number of nitrogens with zero attached hydrogens (tertiary/aromatic N) is 2. The smallest absolute Gasteiger partial charge is 0.282 e. The van der Waals surface area contributed by atoms with Crippen LogP contribution in [0.4, 0.5) is 5.69 Å². The summed E-state index contributed by atoms with van der Waals surface area (Å²) in [5.41, 5.74) is 5.01. The molecule has 0 radical (unpaired) electrons. The Morgan fingerprint density at radius 2 is 1.89 bits per heavy atom. The Morgan fingerprint density at radius 1 is 1.18 bits per heavy atom. The Kier molecular flexibility index (Phi) is 6.17. The fourth-order valence-electron chi connectivity index (χ4n) is 3.22. The lowest BCUT2D eigenvalue weighted by Gasteiger charge is -2.21. The standard InChI is InChI=1S/C22H25ClN4O/c1-15-21(16(2)27(25-15)20-11-6-5-7-12-20)14-26(4)17(3)22(28)24-19-10-8-9-18(23)13-19/h5-13,17H,14H2,1-4H3,(H,24,28)/p+1/t17-/m0/s1. The van der Waals surface area contributed by atoms with Crippen molar-refractivity contribution < 1.29 is 9.69 Å². The van der Waals surface area contributed by atoms with Gasteiger partial charge in [0.2, 0.25) is 0 Å². The van der Waals surface area contributed by atoms with E-state index in [0.29, 0.717) is 17.3 Å². The van der Waals surface area contributed by atoms with Crippen LogP contribution in [0.25, 0.3) is 5.69 Å². The van der Waals surface area contributed by atoms with Crippen molar-refractivity contribution in [1.82, 2.24) is 9.78 Å². The first-order chi connectivity index (χ1) is 13.4. The van der Waals surface area contributed by atoms with Gasteiger partial charge in [-0.25, -0.2) is 4.68 Å². The number of carbonyl (C=O) groups excluding carboxylic acids is 1. The first-order valence-electron chi connectivity index (χ1n) is 9.36. The molecule has 1 aromatic heterocycles. The van der Waals surface area contributed by atoms with Gasteiger partial charge in [0.05, 0.1) is 29.7 Å². The fraction of sp³-hybridized carbons (Fsp3) is 0.273. The topological polar surface area (TPSA) is 51.4 Å². The molecule has 0 spiro atoms. The van der Waals surface area contributed by atoms with E-state index in [1.165, 1.54) is 5.56 Å². The number of halogens is 1. The van der Waals surface area contributed by atoms with Crippen LogP contribution >= 0.6 is 11.6 Å². The van der Waals surface area contributed by atoms with Gasteiger partial charge in [0.1, 0.15) is 6.54 Å². The average Bonchev–Trinajstić information content (AvgIpc) is 2.96. The summed E-state index contributed by atoms with van der Waals surface area (Å²) >= 11 is 6.00. The highest BCUT2D eigenvalue weighted by atomic mass is 35.5. The van der Waals surface area contributed by atoms with Crippen LogP contribution in [0.5, 0.6) is 0 Å². The molecule has 3 aromatic rings. The fourth-order valence-corrected chi connectivity index (χ4v) is 3.41. The average molecular weight is 398 g/mol. The number of likely N-dealkylation sites (N-methyl/N-ethyl adjacent to an activating group) is 1. The van der Waals surface area contributed by atoms with Crippen LogP contribution in [-0.2, 0) is 11.3 Å². The molecule has 2 atom stereocenters. The van der Waals surface area contributed by atoms with Gasteiger partial charge in [-0.15, -0.1) is 0 Å². The van der Waals surface area contributed by atoms with Crippen molar-refractivity contribution in [3.05, 3.63) is 76.6 Å². The molecule has 2 N–H and O–H groups in total. The number of para-hydroxylation sites is 1. The van der Waals surface area contributed by atoms with E-state index in [4.69, 9.17) is 16.7 Å². The van der Waals surface area contributed by atoms with Gasteiger partial charge in [-0.05, 0) is 51.1 Å². The normalized spacial score (nSPS) is 13.2. The van der Waals surface area contributed by atoms with E-state index in [2.05, 4.69) is 12.2 Å². The van der Waals surface area contributed by atoms with E-state index in [1.807, 2.05) is 68.0 Å². The molecule has 6 heteroatoms. The predicted octanol–water partition coefficient (Wildman–Crippen LogP) is 3.18. The zero-order chi connectivity index (χ0) is 20.3. The van der Waals surface area contributed by atoms with E-state index in [9.17, 15) is 4.79 Å². The summed E-state index contributed by atoms with van der Waals surface area (Å²) in [6, 6.07) is 17.1. The Bertz CT molecular complexity index is 968. The number of quaternary nitrogens is 1. The minimum absolute atomic E-state index is 0.0366. The summed E-state index contributed by atoms with van der Waals surface area (Å²) < 4.78 is 1.97. The molecule has 3 rings (SSSR count). The molecule has 0 aliphatic heterocycles. The zero-order valence-electron chi connectivity index (χ0n) is 16.7. The van der Waals surface area contributed by atoms with E-state index in [0.717, 1.165) is 22.0 Å². The van der Waals surface area contributed by atoms with Crippen molar-refractivity contribution in [2.45, 2.75) is 33.4 Å². The molecule has 1 amide bonds. The lowest BCUT2D eigenvalue weighted by Crippen LogP contribution is -3.12. The van der Waals surface area contributed by atoms with Gasteiger partial charge in [0, 0.05) is 10.7 Å². The summed E-state index contributed by atoms with van der Waals surface area (Å²) in [4.78, 5) is 13.8. The number of hydrogen-bond acceptors (Lipinski definition) is 2. The minimum Gasteiger partial charge on any atom is -0.324 e. The third-order valence-electron chi connectivity index (χ3n) is 5.12. The maximum Gasteiger partial charge on any atom is 0.282 e. The van der Waals surface area contributed by atoms with Gasteiger partial charge in [-0.2, -0.15) is 5.10 Å². The largest absolute Gasteiger partial charge is 0.324 e. The molecule has 1 unspecified atom stereocenters. The van der Waals surface area contributed by atoms with Gasteiger partial charge >= 0.3 is 0 Å². The Hall–Kier alpha value is -2.63. The molecule has 146 valence electrons. The molecule has 0 bridgehead atoms. The lowest BCUT2D eigenvalue weighted by molar-refractivity contribution is -0.907. The van der Waals surface area contributed by atoms with Crippen molar-refractivity contribution in [3.8, 4) is 5.69 Å². The highest BCUT2D eigenvalue weighted by Gasteiger charge is 2.25. The number of amides is 1. The molecule has 0 saturated heterocycles. The second-order valence-corrected chi connectivity index (χ2v) is 7.58. The first kappa shape index (κ1) is 20.1. The zero-order valence-corrected chi connectivity index (χ0v) is 17.4. The second-order valence-electron chi connectivity index (χ2n) is 7.14. The third kappa shape index (κ3) is 4.43. The SMILES string of the molecule is Cc1nn(-c2ccccc2)c(C)c1C[NH+](C)[C@@H](C)C(=O)Nc1cccc(Cl)c1. The quantitative estimate of drug-likeness (QED) is 0.671. The molecule has 0 saturated carbocycles. The monoisotopic (exact) mass is 397 g/mol. The predicted molar refractivity (Wildman–Crippen MR) is 113 cm³/mol. The lowest BCUT2D eigenvalue weighted by atomic mass is 10.1. The Morgan fingerprint density at radius 3 is 2.57 bits per heavy atom. The summed E-state index contributed by atoms with van der Waals surface area (Å²) in [7, 11) is 2.03. The number of aryl methyl sites for hydroxylation is 1. The van der Waals surface area contributed by atoms with Crippen LogP contribution in [0.15, 0.2) is 54.6 Å². The molecule has 28 heavy (non-hydrogen) atoms. The number of nitrogens with one attached hydrogen (secondary N) is 2. The summed E-state index contributed by atoms with van der Waals surface area (Å²) in [6.07, 6.45) is 0. The number of carbonyl (C=O) groups is 1. The van der Waals surface area contributed by atoms with E-state index >= 15 is 0 Å². The minimum atomic E-state index is -0.224. The van der Waals surface area contributed by atoms with Crippen molar-refractivity contribution in [1.29, 1.82) is 0 Å². The van der Waals surface area contributed by atoms with E-state index in [1.54, 1.807) is 12.1 Å². The number of aromatic nitrogens is 2. The summed E-state index contributed by atoms with van der Waals surface area (Å²) in [5, 5.41) is 8.25. The van der Waals surface area contributed by atoms with Gasteiger partial charge in [0.15, 0.2) is 6.04 Å². The van der Waals surface area contributed by atoms with Crippen LogP contribution in [0.2, 0.25) is 5.02 Å². The summed E-state index contributed by atoms with van der Waals surface area (Å²) in [6.45, 7) is 6.74. The molecular weight excluding hydrogens is 372 g/mol. The second kappa shape index (κ2) is 8.59. The van der Waals surface area contributed by atoms with Gasteiger partial charge < -0.3 is 10.2 Å². The van der Waals surface area contributed by atoms with Crippen LogP contribution in [0.1, 0.15) is 23.9 Å². The van der Waals surface area contributed by atoms with Crippen molar-refractivity contribution in [2.75, 3.05) is 12.4 Å². The van der Waals surface area contributed by atoms with Crippen molar-refractivity contribution in [3.63, 3.8) is 0 Å². The van der Waals surface area contributed by atoms with E-state index < -0.39 is 0 Å². The number of anilines is 1. The van der Waals surface area contributed by atoms with Crippen LogP contribution in [0, 0.1) is 13.8 Å². The molecule has 2 aromatic carbocycles. The highest BCUT2D eigenvalue weighted by Crippen LogP contribution is 2.17. The maximum absolute atomic E-state index is 12.7.